The summed E-state index contributed by atoms with van der Waals surface area (Å²) < 4.78 is 14.0. The molecule has 8 heteroatoms. The highest BCUT2D eigenvalue weighted by atomic mass is 79.9. The minimum absolute atomic E-state index is 0.226. The number of hydrogen-bond acceptors (Lipinski definition) is 4. The molecule has 0 bridgehead atoms. The van der Waals surface area contributed by atoms with Crippen molar-refractivity contribution in [2.24, 2.45) is 0 Å². The molecule has 25 heavy (non-hydrogen) atoms. The van der Waals surface area contributed by atoms with E-state index in [0.717, 1.165) is 21.2 Å². The van der Waals surface area contributed by atoms with Crippen molar-refractivity contribution in [1.82, 2.24) is 10.4 Å². The van der Waals surface area contributed by atoms with E-state index in [1.165, 1.54) is 12.1 Å². The molecule has 0 radical (unpaired) electrons. The number of carbonyl (C=O) groups is 2. The van der Waals surface area contributed by atoms with Crippen LogP contribution in [0.3, 0.4) is 0 Å². The number of halogens is 2. The second-order valence-corrected chi connectivity index (χ2v) is 7.61. The third kappa shape index (κ3) is 4.15. The number of nitrogens with zero attached hydrogens (tertiary/aromatic N) is 1. The van der Waals surface area contributed by atoms with Crippen LogP contribution in [0.4, 0.5) is 4.39 Å². The highest BCUT2D eigenvalue weighted by molar-refractivity contribution is 9.10. The third-order valence-corrected chi connectivity index (χ3v) is 5.11. The molecule has 4 nitrogen and oxygen atoms in total. The molecule has 1 aliphatic heterocycles. The molecule has 0 saturated carbocycles. The van der Waals surface area contributed by atoms with Crippen LogP contribution in [-0.2, 0) is 4.79 Å². The monoisotopic (exact) mass is 436 g/mol. The van der Waals surface area contributed by atoms with Crippen LogP contribution in [0.5, 0.6) is 0 Å². The van der Waals surface area contributed by atoms with Crippen LogP contribution in [-0.4, -0.2) is 21.1 Å². The molecule has 2 aromatic carbocycles. The lowest BCUT2D eigenvalue weighted by Crippen LogP contribution is -2.44. The van der Waals surface area contributed by atoms with Crippen LogP contribution < -0.4 is 5.43 Å². The van der Waals surface area contributed by atoms with E-state index in [0.29, 0.717) is 16.0 Å². The molecule has 0 atom stereocenters. The van der Waals surface area contributed by atoms with Gasteiger partial charge in [-0.3, -0.25) is 15.0 Å². The number of rotatable bonds is 3. The largest absolute Gasteiger partial charge is 0.285 e. The van der Waals surface area contributed by atoms with Crippen LogP contribution in [0, 0.1) is 5.82 Å². The molecule has 0 unspecified atom stereocenters. The first kappa shape index (κ1) is 17.8. The Kier molecular flexibility index (Phi) is 5.31. The van der Waals surface area contributed by atoms with Gasteiger partial charge in [-0.1, -0.05) is 39.8 Å². The Balaban J connectivity index is 1.76. The summed E-state index contributed by atoms with van der Waals surface area (Å²) in [5, 5.41) is 1.04. The maximum atomic E-state index is 13.0. The second kappa shape index (κ2) is 7.47. The van der Waals surface area contributed by atoms with E-state index in [1.54, 1.807) is 42.5 Å². The van der Waals surface area contributed by atoms with E-state index in [-0.39, 0.29) is 10.1 Å². The zero-order valence-electron chi connectivity index (χ0n) is 12.5. The standard InChI is InChI=1S/C17H10BrFN2O2S2/c18-12-5-3-11(4-6-12)15(22)20-21-16(23)14(25-17(21)24)9-10-1-7-13(19)8-2-10/h1-9H,(H,20,22)/b14-9+. The second-order valence-electron chi connectivity index (χ2n) is 5.02. The van der Waals surface area contributed by atoms with Crippen molar-refractivity contribution in [2.75, 3.05) is 0 Å². The number of nitrogens with one attached hydrogen (secondary N) is 1. The molecule has 1 fully saturated rings. The van der Waals surface area contributed by atoms with Crippen molar-refractivity contribution in [3.05, 3.63) is 74.9 Å². The fourth-order valence-corrected chi connectivity index (χ4v) is 3.49. The SMILES string of the molecule is O=C(NN1C(=O)/C(=C\c2ccc(F)cc2)SC1=S)c1ccc(Br)cc1. The van der Waals surface area contributed by atoms with Crippen LogP contribution in [0.1, 0.15) is 15.9 Å². The van der Waals surface area contributed by atoms with E-state index in [4.69, 9.17) is 12.2 Å². The zero-order valence-corrected chi connectivity index (χ0v) is 15.8. The molecular weight excluding hydrogens is 427 g/mol. The molecule has 2 aromatic rings. The number of hydrogen-bond donors (Lipinski definition) is 1. The summed E-state index contributed by atoms with van der Waals surface area (Å²) >= 11 is 9.53. The number of carbonyl (C=O) groups excluding carboxylic acids is 2. The summed E-state index contributed by atoms with van der Waals surface area (Å²) in [6.45, 7) is 0. The van der Waals surface area contributed by atoms with Gasteiger partial charge >= 0.3 is 0 Å². The average Bonchev–Trinajstić information content (AvgIpc) is 2.85. The van der Waals surface area contributed by atoms with Crippen LogP contribution in [0.15, 0.2) is 57.9 Å². The normalized spacial score (nSPS) is 15.8. The fourth-order valence-electron chi connectivity index (χ4n) is 2.04. The van der Waals surface area contributed by atoms with Gasteiger partial charge in [0, 0.05) is 10.0 Å². The summed E-state index contributed by atoms with van der Waals surface area (Å²) in [6.07, 6.45) is 1.60. The van der Waals surface area contributed by atoms with Gasteiger partial charge in [0.05, 0.1) is 4.91 Å². The molecule has 3 rings (SSSR count). The Morgan fingerprint density at radius 2 is 1.80 bits per heavy atom. The first-order valence-electron chi connectivity index (χ1n) is 7.04. The Bertz CT molecular complexity index is 883. The maximum Gasteiger partial charge on any atom is 0.285 e. The van der Waals surface area contributed by atoms with Crippen LogP contribution >= 0.6 is 39.9 Å². The van der Waals surface area contributed by atoms with Crippen molar-refractivity contribution < 1.29 is 14.0 Å². The van der Waals surface area contributed by atoms with Crippen molar-refractivity contribution in [3.63, 3.8) is 0 Å². The Morgan fingerprint density at radius 1 is 1.16 bits per heavy atom. The van der Waals surface area contributed by atoms with Crippen molar-refractivity contribution >= 4 is 62.1 Å². The van der Waals surface area contributed by atoms with Crippen molar-refractivity contribution in [3.8, 4) is 0 Å². The summed E-state index contributed by atoms with van der Waals surface area (Å²) in [7, 11) is 0. The fraction of sp³-hybridized carbons (Fsp3) is 0. The summed E-state index contributed by atoms with van der Waals surface area (Å²) in [5.74, 6) is -1.22. The van der Waals surface area contributed by atoms with Gasteiger partial charge < -0.3 is 0 Å². The van der Waals surface area contributed by atoms with E-state index in [9.17, 15) is 14.0 Å². The molecule has 1 heterocycles. The quantitative estimate of drug-likeness (QED) is 0.580. The Hall–Kier alpha value is -2.03. The van der Waals surface area contributed by atoms with Crippen LogP contribution in [0.25, 0.3) is 6.08 Å². The number of thiocarbonyl (C=S) groups is 1. The minimum atomic E-state index is -0.438. The summed E-state index contributed by atoms with van der Waals surface area (Å²) in [5.41, 5.74) is 3.58. The van der Waals surface area contributed by atoms with Gasteiger partial charge in [-0.05, 0) is 60.3 Å². The predicted octanol–water partition coefficient (Wildman–Crippen LogP) is 4.13. The van der Waals surface area contributed by atoms with E-state index in [1.807, 2.05) is 0 Å². The van der Waals surface area contributed by atoms with Gasteiger partial charge in [0.15, 0.2) is 4.32 Å². The van der Waals surface area contributed by atoms with E-state index < -0.39 is 11.8 Å². The zero-order chi connectivity index (χ0) is 18.0. The molecule has 0 spiro atoms. The van der Waals surface area contributed by atoms with Crippen molar-refractivity contribution in [2.45, 2.75) is 0 Å². The van der Waals surface area contributed by atoms with E-state index >= 15 is 0 Å². The van der Waals surface area contributed by atoms with Gasteiger partial charge in [-0.15, -0.1) is 0 Å². The lowest BCUT2D eigenvalue weighted by molar-refractivity contribution is -0.123. The third-order valence-electron chi connectivity index (χ3n) is 3.28. The molecule has 1 saturated heterocycles. The molecule has 0 aromatic heterocycles. The first-order valence-corrected chi connectivity index (χ1v) is 9.06. The average molecular weight is 437 g/mol. The number of thioether (sulfide) groups is 1. The highest BCUT2D eigenvalue weighted by Crippen LogP contribution is 2.31. The lowest BCUT2D eigenvalue weighted by Gasteiger charge is -2.15. The highest BCUT2D eigenvalue weighted by Gasteiger charge is 2.33. The van der Waals surface area contributed by atoms with Crippen molar-refractivity contribution in [1.29, 1.82) is 0 Å². The molecule has 2 amide bonds. The summed E-state index contributed by atoms with van der Waals surface area (Å²) in [6, 6.07) is 12.5. The lowest BCUT2D eigenvalue weighted by atomic mass is 10.2. The van der Waals surface area contributed by atoms with Gasteiger partial charge in [-0.2, -0.15) is 5.01 Å². The van der Waals surface area contributed by atoms with Gasteiger partial charge in [0.2, 0.25) is 0 Å². The molecule has 1 N–H and O–H groups in total. The molecule has 126 valence electrons. The van der Waals surface area contributed by atoms with Gasteiger partial charge in [0.25, 0.3) is 11.8 Å². The van der Waals surface area contributed by atoms with Gasteiger partial charge in [0.1, 0.15) is 5.82 Å². The topological polar surface area (TPSA) is 49.4 Å². The Morgan fingerprint density at radius 3 is 2.44 bits per heavy atom. The molecular formula is C17H10BrFN2O2S2. The number of benzene rings is 2. The molecule has 1 aliphatic rings. The first-order chi connectivity index (χ1) is 11.9. The predicted molar refractivity (Wildman–Crippen MR) is 103 cm³/mol. The van der Waals surface area contributed by atoms with E-state index in [2.05, 4.69) is 21.4 Å². The van der Waals surface area contributed by atoms with Gasteiger partial charge in [-0.25, -0.2) is 4.39 Å². The maximum absolute atomic E-state index is 13.0. The smallest absolute Gasteiger partial charge is 0.267 e. The summed E-state index contributed by atoms with van der Waals surface area (Å²) in [4.78, 5) is 25.1. The number of hydrazine groups is 1. The van der Waals surface area contributed by atoms with Crippen LogP contribution in [0.2, 0.25) is 0 Å². The minimum Gasteiger partial charge on any atom is -0.267 e. The Labute approximate surface area is 161 Å². The molecule has 0 aliphatic carbocycles. The number of amides is 2.